The van der Waals surface area contributed by atoms with Crippen LogP contribution in [0.2, 0.25) is 0 Å². The fraction of sp³-hybridized carbons (Fsp3) is 0.562. The normalized spacial score (nSPS) is 24.3. The molecule has 2 amide bonds. The lowest BCUT2D eigenvalue weighted by molar-refractivity contribution is 0.00227. The maximum atomic E-state index is 11.9. The number of carbonyl (C=O) groups excluding carboxylic acids is 1. The van der Waals surface area contributed by atoms with E-state index in [9.17, 15) is 9.00 Å². The van der Waals surface area contributed by atoms with Crippen LogP contribution >= 0.6 is 0 Å². The standard InChI is InChI=1S/C16H24N2O3S/c1-12(22(2)20)11-17-16(19)18-14-8-9-21-15(10-14)13-6-4-3-5-7-13/h3-7,12,14-15H,8-11H2,1-2H3,(H2,17,18,19)/t12-,14-,15-,22-/m1/s1. The van der Waals surface area contributed by atoms with Gasteiger partial charge in [-0.2, -0.15) is 0 Å². The van der Waals surface area contributed by atoms with E-state index in [1.165, 1.54) is 0 Å². The van der Waals surface area contributed by atoms with E-state index in [2.05, 4.69) is 10.6 Å². The summed E-state index contributed by atoms with van der Waals surface area (Å²) in [5.74, 6) is 0. The first-order valence-electron chi connectivity index (χ1n) is 7.59. The van der Waals surface area contributed by atoms with Crippen molar-refractivity contribution < 1.29 is 13.7 Å². The number of urea groups is 1. The predicted octanol–water partition coefficient (Wildman–Crippen LogP) is 1.97. The minimum atomic E-state index is -0.927. The molecular weight excluding hydrogens is 300 g/mol. The van der Waals surface area contributed by atoms with Gasteiger partial charge in [0.1, 0.15) is 0 Å². The first-order chi connectivity index (χ1) is 10.6. The fourth-order valence-corrected chi connectivity index (χ4v) is 2.74. The van der Waals surface area contributed by atoms with E-state index >= 15 is 0 Å². The van der Waals surface area contributed by atoms with E-state index < -0.39 is 10.8 Å². The summed E-state index contributed by atoms with van der Waals surface area (Å²) in [7, 11) is -0.927. The van der Waals surface area contributed by atoms with E-state index in [-0.39, 0.29) is 23.4 Å². The van der Waals surface area contributed by atoms with Gasteiger partial charge in [0, 0.05) is 41.5 Å². The van der Waals surface area contributed by atoms with Crippen LogP contribution in [0.25, 0.3) is 0 Å². The minimum Gasteiger partial charge on any atom is -0.373 e. The highest BCUT2D eigenvalue weighted by Gasteiger charge is 2.25. The van der Waals surface area contributed by atoms with Gasteiger partial charge in [-0.25, -0.2) is 4.79 Å². The van der Waals surface area contributed by atoms with Gasteiger partial charge in [0.2, 0.25) is 0 Å². The van der Waals surface area contributed by atoms with Crippen LogP contribution in [0.3, 0.4) is 0 Å². The third kappa shape index (κ3) is 5.10. The Morgan fingerprint density at radius 1 is 1.41 bits per heavy atom. The van der Waals surface area contributed by atoms with Gasteiger partial charge in [0.05, 0.1) is 6.10 Å². The van der Waals surface area contributed by atoms with Crippen molar-refractivity contribution in [3.8, 4) is 0 Å². The van der Waals surface area contributed by atoms with Crippen LogP contribution in [-0.4, -0.2) is 40.9 Å². The fourth-order valence-electron chi connectivity index (χ4n) is 2.42. The Morgan fingerprint density at radius 2 is 2.14 bits per heavy atom. The quantitative estimate of drug-likeness (QED) is 0.870. The highest BCUT2D eigenvalue weighted by Crippen LogP contribution is 2.27. The van der Waals surface area contributed by atoms with Crippen molar-refractivity contribution in [2.24, 2.45) is 0 Å². The number of nitrogens with one attached hydrogen (secondary N) is 2. The topological polar surface area (TPSA) is 67.4 Å². The molecule has 1 aliphatic heterocycles. The van der Waals surface area contributed by atoms with Gasteiger partial charge in [0.25, 0.3) is 0 Å². The Bertz CT molecular complexity index is 509. The van der Waals surface area contributed by atoms with Gasteiger partial charge < -0.3 is 15.4 Å². The molecule has 0 bridgehead atoms. The lowest BCUT2D eigenvalue weighted by atomic mass is 9.97. The number of amides is 2. The molecule has 1 aliphatic rings. The zero-order valence-electron chi connectivity index (χ0n) is 13.1. The molecule has 0 aliphatic carbocycles. The molecule has 22 heavy (non-hydrogen) atoms. The average molecular weight is 324 g/mol. The molecule has 0 radical (unpaired) electrons. The SMILES string of the molecule is C[C@H](CNC(=O)N[C@@H]1CCO[C@@H](c2ccccc2)C1)[S@@](C)=O. The molecule has 2 N–H and O–H groups in total. The molecule has 2 rings (SSSR count). The zero-order valence-corrected chi connectivity index (χ0v) is 13.9. The monoisotopic (exact) mass is 324 g/mol. The first-order valence-corrected chi connectivity index (χ1v) is 9.21. The summed E-state index contributed by atoms with van der Waals surface area (Å²) in [5, 5.41) is 5.72. The summed E-state index contributed by atoms with van der Waals surface area (Å²) in [6.07, 6.45) is 3.26. The highest BCUT2D eigenvalue weighted by molar-refractivity contribution is 7.84. The van der Waals surface area contributed by atoms with E-state index in [1.54, 1.807) is 6.26 Å². The molecule has 0 spiro atoms. The summed E-state index contributed by atoms with van der Waals surface area (Å²) in [4.78, 5) is 11.9. The molecule has 0 unspecified atom stereocenters. The van der Waals surface area contributed by atoms with Crippen molar-refractivity contribution in [2.75, 3.05) is 19.4 Å². The maximum absolute atomic E-state index is 11.9. The number of benzene rings is 1. The highest BCUT2D eigenvalue weighted by atomic mass is 32.2. The van der Waals surface area contributed by atoms with Crippen molar-refractivity contribution in [1.82, 2.24) is 10.6 Å². The van der Waals surface area contributed by atoms with Crippen molar-refractivity contribution in [3.05, 3.63) is 35.9 Å². The summed E-state index contributed by atoms with van der Waals surface area (Å²) < 4.78 is 17.1. The number of rotatable bonds is 5. The lowest BCUT2D eigenvalue weighted by Crippen LogP contribution is -2.46. The maximum Gasteiger partial charge on any atom is 0.315 e. The largest absolute Gasteiger partial charge is 0.373 e. The Kier molecular flexibility index (Phi) is 6.39. The molecular formula is C16H24N2O3S. The predicted molar refractivity (Wildman–Crippen MR) is 88.2 cm³/mol. The van der Waals surface area contributed by atoms with Gasteiger partial charge >= 0.3 is 6.03 Å². The number of carbonyl (C=O) groups is 1. The van der Waals surface area contributed by atoms with Crippen molar-refractivity contribution in [2.45, 2.75) is 37.2 Å². The van der Waals surface area contributed by atoms with Crippen LogP contribution in [0, 0.1) is 0 Å². The third-order valence-electron chi connectivity index (χ3n) is 3.91. The smallest absolute Gasteiger partial charge is 0.315 e. The molecule has 4 atom stereocenters. The second-order valence-corrected chi connectivity index (χ2v) is 7.46. The molecule has 5 nitrogen and oxygen atoms in total. The number of hydrogen-bond donors (Lipinski definition) is 2. The van der Waals surface area contributed by atoms with Crippen LogP contribution in [0.15, 0.2) is 30.3 Å². The molecule has 1 fully saturated rings. The van der Waals surface area contributed by atoms with Crippen LogP contribution in [0.1, 0.15) is 31.4 Å². The van der Waals surface area contributed by atoms with Crippen molar-refractivity contribution >= 4 is 16.8 Å². The summed E-state index contributed by atoms with van der Waals surface area (Å²) in [6.45, 7) is 2.91. The molecule has 1 aromatic rings. The Hall–Kier alpha value is -1.40. The summed E-state index contributed by atoms with van der Waals surface area (Å²) in [6, 6.07) is 9.96. The van der Waals surface area contributed by atoms with Crippen molar-refractivity contribution in [1.29, 1.82) is 0 Å². The van der Waals surface area contributed by atoms with Gasteiger partial charge in [-0.05, 0) is 25.3 Å². The second kappa shape index (κ2) is 8.29. The Labute approximate surface area is 134 Å². The number of ether oxygens (including phenoxy) is 1. The van der Waals surface area contributed by atoms with Crippen molar-refractivity contribution in [3.63, 3.8) is 0 Å². The van der Waals surface area contributed by atoms with E-state index in [0.717, 1.165) is 18.4 Å². The van der Waals surface area contributed by atoms with Crippen LogP contribution < -0.4 is 10.6 Å². The van der Waals surface area contributed by atoms with E-state index in [1.807, 2.05) is 37.3 Å². The summed E-state index contributed by atoms with van der Waals surface area (Å²) >= 11 is 0. The summed E-state index contributed by atoms with van der Waals surface area (Å²) in [5.41, 5.74) is 1.14. The first kappa shape index (κ1) is 17.0. The third-order valence-corrected chi connectivity index (χ3v) is 5.21. The Balaban J connectivity index is 1.80. The second-order valence-electron chi connectivity index (χ2n) is 5.65. The van der Waals surface area contributed by atoms with Gasteiger partial charge in [-0.15, -0.1) is 0 Å². The molecule has 0 saturated carbocycles. The molecule has 122 valence electrons. The van der Waals surface area contributed by atoms with Gasteiger partial charge in [0.15, 0.2) is 0 Å². The van der Waals surface area contributed by atoms with Gasteiger partial charge in [-0.3, -0.25) is 4.21 Å². The lowest BCUT2D eigenvalue weighted by Gasteiger charge is -2.30. The molecule has 0 aromatic heterocycles. The van der Waals surface area contributed by atoms with Crippen LogP contribution in [0.5, 0.6) is 0 Å². The molecule has 1 heterocycles. The zero-order chi connectivity index (χ0) is 15.9. The van der Waals surface area contributed by atoms with Crippen LogP contribution in [0.4, 0.5) is 4.79 Å². The Morgan fingerprint density at radius 3 is 2.82 bits per heavy atom. The molecule has 6 heteroatoms. The van der Waals surface area contributed by atoms with E-state index in [0.29, 0.717) is 13.2 Å². The van der Waals surface area contributed by atoms with Crippen LogP contribution in [-0.2, 0) is 15.5 Å². The molecule has 1 saturated heterocycles. The molecule has 1 aromatic carbocycles. The van der Waals surface area contributed by atoms with Gasteiger partial charge in [-0.1, -0.05) is 30.3 Å². The minimum absolute atomic E-state index is 0.0299. The average Bonchev–Trinajstić information content (AvgIpc) is 2.53. The number of hydrogen-bond acceptors (Lipinski definition) is 3. The van der Waals surface area contributed by atoms with E-state index in [4.69, 9.17) is 4.74 Å².